The maximum Gasteiger partial charge on any atom is 0.306 e. The van der Waals surface area contributed by atoms with Gasteiger partial charge in [-0.3, -0.25) is 9.59 Å². The fourth-order valence-electron chi connectivity index (χ4n) is 4.02. The molecule has 5 heteroatoms. The molecule has 0 aromatic heterocycles. The Morgan fingerprint density at radius 1 is 1.00 bits per heavy atom. The topological polar surface area (TPSA) is 78.6 Å². The van der Waals surface area contributed by atoms with Gasteiger partial charge in [0.15, 0.2) is 5.60 Å². The highest BCUT2D eigenvalue weighted by molar-refractivity contribution is 5.89. The van der Waals surface area contributed by atoms with Gasteiger partial charge in [-0.15, -0.1) is 0 Å². The number of carbonyl (C=O) groups excluding carboxylic acids is 2. The van der Waals surface area contributed by atoms with Crippen molar-refractivity contribution < 1.29 is 19.1 Å². The van der Waals surface area contributed by atoms with E-state index in [2.05, 4.69) is 39.0 Å². The van der Waals surface area contributed by atoms with Gasteiger partial charge in [0.25, 0.3) is 5.91 Å². The summed E-state index contributed by atoms with van der Waals surface area (Å²) in [4.78, 5) is 23.1. The van der Waals surface area contributed by atoms with Crippen LogP contribution in [-0.4, -0.2) is 24.1 Å². The van der Waals surface area contributed by atoms with Gasteiger partial charge in [0.05, 0.1) is 6.61 Å². The zero-order valence-corrected chi connectivity index (χ0v) is 20.4. The molecule has 0 bridgehead atoms. The van der Waals surface area contributed by atoms with E-state index in [9.17, 15) is 9.59 Å². The molecular weight excluding hydrogens is 402 g/mol. The third-order valence-corrected chi connectivity index (χ3v) is 6.53. The molecule has 0 aliphatic heterocycles. The van der Waals surface area contributed by atoms with Gasteiger partial charge in [0.2, 0.25) is 0 Å². The van der Waals surface area contributed by atoms with Crippen LogP contribution < -0.4 is 10.5 Å². The van der Waals surface area contributed by atoms with Crippen LogP contribution in [0, 0.1) is 0 Å². The number of ether oxygens (including phenoxy) is 2. The van der Waals surface area contributed by atoms with Crippen LogP contribution in [0.4, 0.5) is 0 Å². The number of hydrogen-bond donors (Lipinski definition) is 1. The van der Waals surface area contributed by atoms with Crippen LogP contribution in [-0.2, 0) is 19.7 Å². The second-order valence-corrected chi connectivity index (χ2v) is 9.92. The lowest BCUT2D eigenvalue weighted by atomic mass is 9.80. The Morgan fingerprint density at radius 2 is 1.69 bits per heavy atom. The Balaban J connectivity index is 1.56. The standard InChI is InChI=1S/C27H43NO4/c1-4-5-6-11-17-26(2,3)22-14-13-15-23(21-22)31-20-12-9-7-8-10-16-24(29)32-27(18-19-27)25(28)30/h13-15,21H,4-12,16-20H2,1-3H3,(H2,28,30). The zero-order valence-electron chi connectivity index (χ0n) is 20.4. The minimum Gasteiger partial charge on any atom is -0.494 e. The van der Waals surface area contributed by atoms with E-state index in [0.29, 0.717) is 25.9 Å². The molecule has 1 aromatic carbocycles. The minimum atomic E-state index is -0.990. The SMILES string of the molecule is CCCCCCC(C)(C)c1cccc(OCCCCCCCC(=O)OC2(C(N)=O)CC2)c1. The zero-order chi connectivity index (χ0) is 23.5. The van der Waals surface area contributed by atoms with Crippen molar-refractivity contribution in [3.05, 3.63) is 29.8 Å². The minimum absolute atomic E-state index is 0.171. The molecule has 0 atom stereocenters. The summed E-state index contributed by atoms with van der Waals surface area (Å²) in [6, 6.07) is 8.55. The number of carbonyl (C=O) groups is 2. The first-order chi connectivity index (χ1) is 15.3. The van der Waals surface area contributed by atoms with Crippen LogP contribution in [0.5, 0.6) is 5.75 Å². The molecule has 1 aliphatic rings. The van der Waals surface area contributed by atoms with Crippen molar-refractivity contribution in [2.45, 2.75) is 115 Å². The Bertz CT molecular complexity index is 724. The molecule has 0 spiro atoms. The van der Waals surface area contributed by atoms with Crippen molar-refractivity contribution in [3.63, 3.8) is 0 Å². The Hall–Kier alpha value is -2.04. The highest BCUT2D eigenvalue weighted by Gasteiger charge is 2.52. The molecule has 1 fully saturated rings. The Morgan fingerprint density at radius 3 is 2.38 bits per heavy atom. The third kappa shape index (κ3) is 8.84. The van der Waals surface area contributed by atoms with Gasteiger partial charge in [0, 0.05) is 19.3 Å². The van der Waals surface area contributed by atoms with Gasteiger partial charge in [-0.2, -0.15) is 0 Å². The van der Waals surface area contributed by atoms with Gasteiger partial charge in [-0.25, -0.2) is 0 Å². The predicted molar refractivity (Wildman–Crippen MR) is 129 cm³/mol. The van der Waals surface area contributed by atoms with Gasteiger partial charge < -0.3 is 15.2 Å². The third-order valence-electron chi connectivity index (χ3n) is 6.53. The number of nitrogens with two attached hydrogens (primary N) is 1. The number of rotatable bonds is 17. The van der Waals surface area contributed by atoms with Gasteiger partial charge in [-0.1, -0.05) is 77.8 Å². The van der Waals surface area contributed by atoms with E-state index in [4.69, 9.17) is 15.2 Å². The number of benzene rings is 1. The van der Waals surface area contributed by atoms with E-state index in [0.717, 1.165) is 37.9 Å². The van der Waals surface area contributed by atoms with Crippen LogP contribution in [0.15, 0.2) is 24.3 Å². The average Bonchev–Trinajstić information content (AvgIpc) is 3.54. The number of unbranched alkanes of at least 4 members (excludes halogenated alkanes) is 7. The van der Waals surface area contributed by atoms with Crippen molar-refractivity contribution >= 4 is 11.9 Å². The van der Waals surface area contributed by atoms with Crippen molar-refractivity contribution in [1.82, 2.24) is 0 Å². The summed E-state index contributed by atoms with van der Waals surface area (Å²) in [5.74, 6) is 0.125. The Kier molecular flexibility index (Phi) is 10.5. The van der Waals surface area contributed by atoms with Gasteiger partial charge in [-0.05, 0) is 42.4 Å². The van der Waals surface area contributed by atoms with Crippen LogP contribution in [0.1, 0.15) is 110 Å². The van der Waals surface area contributed by atoms with E-state index in [-0.39, 0.29) is 11.4 Å². The average molecular weight is 446 g/mol. The van der Waals surface area contributed by atoms with Crippen molar-refractivity contribution in [3.8, 4) is 5.75 Å². The summed E-state index contributed by atoms with van der Waals surface area (Å²) in [5, 5.41) is 0. The van der Waals surface area contributed by atoms with Crippen LogP contribution in [0.3, 0.4) is 0 Å². The number of esters is 1. The summed E-state index contributed by atoms with van der Waals surface area (Å²) in [6.07, 6.45) is 12.7. The smallest absolute Gasteiger partial charge is 0.306 e. The van der Waals surface area contributed by atoms with Crippen molar-refractivity contribution in [2.75, 3.05) is 6.61 Å². The lowest BCUT2D eigenvalue weighted by molar-refractivity contribution is -0.157. The van der Waals surface area contributed by atoms with Crippen LogP contribution in [0.25, 0.3) is 0 Å². The lowest BCUT2D eigenvalue weighted by Gasteiger charge is -2.26. The van der Waals surface area contributed by atoms with Gasteiger partial charge in [0.1, 0.15) is 5.75 Å². The molecule has 1 aliphatic carbocycles. The molecule has 5 nitrogen and oxygen atoms in total. The predicted octanol–water partition coefficient (Wildman–Crippen LogP) is 6.22. The molecule has 1 saturated carbocycles. The number of amides is 1. The highest BCUT2D eigenvalue weighted by atomic mass is 16.6. The fraction of sp³-hybridized carbons (Fsp3) is 0.704. The second-order valence-electron chi connectivity index (χ2n) is 9.92. The largest absolute Gasteiger partial charge is 0.494 e. The first-order valence-corrected chi connectivity index (χ1v) is 12.5. The first kappa shape index (κ1) is 26.2. The maximum atomic E-state index is 11.8. The molecule has 0 heterocycles. The molecule has 180 valence electrons. The molecule has 0 saturated heterocycles. The van der Waals surface area contributed by atoms with E-state index in [1.54, 1.807) is 0 Å². The molecule has 2 N–H and O–H groups in total. The van der Waals surface area contributed by atoms with Gasteiger partial charge >= 0.3 is 5.97 Å². The quantitative estimate of drug-likeness (QED) is 0.228. The molecule has 2 rings (SSSR count). The normalized spacial score (nSPS) is 14.7. The summed E-state index contributed by atoms with van der Waals surface area (Å²) in [5.41, 5.74) is 5.81. The van der Waals surface area contributed by atoms with Crippen molar-refractivity contribution in [2.24, 2.45) is 5.73 Å². The highest BCUT2D eigenvalue weighted by Crippen LogP contribution is 2.39. The lowest BCUT2D eigenvalue weighted by Crippen LogP contribution is -2.35. The molecule has 0 unspecified atom stereocenters. The fourth-order valence-corrected chi connectivity index (χ4v) is 4.02. The van der Waals surface area contributed by atoms with E-state index >= 15 is 0 Å². The molecular formula is C27H43NO4. The summed E-state index contributed by atoms with van der Waals surface area (Å²) in [7, 11) is 0. The van der Waals surface area contributed by atoms with Crippen molar-refractivity contribution in [1.29, 1.82) is 0 Å². The summed E-state index contributed by atoms with van der Waals surface area (Å²) >= 11 is 0. The second kappa shape index (κ2) is 12.9. The number of hydrogen-bond acceptors (Lipinski definition) is 4. The monoisotopic (exact) mass is 445 g/mol. The van der Waals surface area contributed by atoms with Crippen LogP contribution in [0.2, 0.25) is 0 Å². The maximum absolute atomic E-state index is 11.8. The van der Waals surface area contributed by atoms with E-state index in [1.165, 1.54) is 37.7 Å². The molecule has 0 radical (unpaired) electrons. The summed E-state index contributed by atoms with van der Waals surface area (Å²) in [6.45, 7) is 7.61. The summed E-state index contributed by atoms with van der Waals surface area (Å²) < 4.78 is 11.2. The Labute approximate surface area is 194 Å². The molecule has 1 aromatic rings. The molecule has 32 heavy (non-hydrogen) atoms. The molecule has 1 amide bonds. The van der Waals surface area contributed by atoms with E-state index < -0.39 is 11.5 Å². The van der Waals surface area contributed by atoms with E-state index in [1.807, 2.05) is 6.07 Å². The number of primary amides is 1. The van der Waals surface area contributed by atoms with Crippen LogP contribution >= 0.6 is 0 Å². The first-order valence-electron chi connectivity index (χ1n) is 12.5.